The molecule has 1 N–H and O–H groups in total. The number of nitrogens with zero attached hydrogens (tertiary/aromatic N) is 1. The molecule has 1 aromatic carbocycles. The van der Waals surface area contributed by atoms with Crippen molar-refractivity contribution < 1.29 is 9.47 Å². The lowest BCUT2D eigenvalue weighted by Gasteiger charge is -2.35. The van der Waals surface area contributed by atoms with Crippen LogP contribution in [0.25, 0.3) is 0 Å². The van der Waals surface area contributed by atoms with Crippen LogP contribution in [0.4, 0.5) is 0 Å². The average Bonchev–Trinajstić information content (AvgIpc) is 2.49. The molecule has 1 fully saturated rings. The molecule has 0 radical (unpaired) electrons. The molecule has 1 aromatic rings. The summed E-state index contributed by atoms with van der Waals surface area (Å²) < 4.78 is 10.7. The van der Waals surface area contributed by atoms with Gasteiger partial charge in [-0.05, 0) is 24.1 Å². The maximum Gasteiger partial charge on any atom is 0.161 e. The van der Waals surface area contributed by atoms with Crippen molar-refractivity contribution in [3.63, 3.8) is 0 Å². The molecule has 106 valence electrons. The standard InChI is InChI=1S/C15H24N2O2/c1-4-13(17-9-7-16-8-10-17)12-5-6-14(18-2)15(11-12)19-3/h5-6,11,13,16H,4,7-10H2,1-3H3. The monoisotopic (exact) mass is 264 g/mol. The van der Waals surface area contributed by atoms with E-state index < -0.39 is 0 Å². The van der Waals surface area contributed by atoms with E-state index >= 15 is 0 Å². The number of ether oxygens (including phenoxy) is 2. The maximum absolute atomic E-state index is 5.40. The summed E-state index contributed by atoms with van der Waals surface area (Å²) in [4.78, 5) is 2.54. The van der Waals surface area contributed by atoms with E-state index in [1.54, 1.807) is 14.2 Å². The normalized spacial score (nSPS) is 18.1. The summed E-state index contributed by atoms with van der Waals surface area (Å²) in [6.07, 6.45) is 1.11. The molecule has 19 heavy (non-hydrogen) atoms. The van der Waals surface area contributed by atoms with Crippen LogP contribution in [0.2, 0.25) is 0 Å². The zero-order chi connectivity index (χ0) is 13.7. The molecule has 1 heterocycles. The molecule has 1 saturated heterocycles. The zero-order valence-electron chi connectivity index (χ0n) is 12.1. The fourth-order valence-corrected chi connectivity index (χ4v) is 2.76. The molecule has 1 atom stereocenters. The molecular formula is C15H24N2O2. The van der Waals surface area contributed by atoms with Crippen LogP contribution in [-0.4, -0.2) is 45.3 Å². The molecule has 0 saturated carbocycles. The second-order valence-electron chi connectivity index (χ2n) is 4.82. The van der Waals surface area contributed by atoms with Crippen molar-refractivity contribution >= 4 is 0 Å². The molecule has 4 heteroatoms. The first-order valence-corrected chi connectivity index (χ1v) is 6.96. The fraction of sp³-hybridized carbons (Fsp3) is 0.600. The van der Waals surface area contributed by atoms with Crippen molar-refractivity contribution in [2.24, 2.45) is 0 Å². The summed E-state index contributed by atoms with van der Waals surface area (Å²) in [7, 11) is 3.36. The van der Waals surface area contributed by atoms with Gasteiger partial charge in [0.25, 0.3) is 0 Å². The third-order valence-corrected chi connectivity index (χ3v) is 3.77. The Morgan fingerprint density at radius 3 is 2.42 bits per heavy atom. The number of nitrogens with one attached hydrogen (secondary N) is 1. The van der Waals surface area contributed by atoms with Gasteiger partial charge in [-0.15, -0.1) is 0 Å². The highest BCUT2D eigenvalue weighted by Crippen LogP contribution is 2.33. The topological polar surface area (TPSA) is 33.7 Å². The van der Waals surface area contributed by atoms with Crippen LogP contribution < -0.4 is 14.8 Å². The molecule has 0 spiro atoms. The van der Waals surface area contributed by atoms with Crippen molar-refractivity contribution in [2.45, 2.75) is 19.4 Å². The van der Waals surface area contributed by atoms with Gasteiger partial charge >= 0.3 is 0 Å². The number of hydrogen-bond donors (Lipinski definition) is 1. The molecule has 1 unspecified atom stereocenters. The second kappa shape index (κ2) is 6.78. The van der Waals surface area contributed by atoms with Crippen molar-refractivity contribution in [3.05, 3.63) is 23.8 Å². The van der Waals surface area contributed by atoms with Crippen molar-refractivity contribution in [3.8, 4) is 11.5 Å². The van der Waals surface area contributed by atoms with E-state index in [9.17, 15) is 0 Å². The van der Waals surface area contributed by atoms with Crippen LogP contribution in [0.1, 0.15) is 24.9 Å². The van der Waals surface area contributed by atoms with E-state index in [2.05, 4.69) is 29.3 Å². The highest BCUT2D eigenvalue weighted by Gasteiger charge is 2.21. The summed E-state index contributed by atoms with van der Waals surface area (Å²) in [6.45, 7) is 6.59. The third-order valence-electron chi connectivity index (χ3n) is 3.77. The summed E-state index contributed by atoms with van der Waals surface area (Å²) in [5, 5.41) is 3.40. The minimum absolute atomic E-state index is 0.460. The Morgan fingerprint density at radius 1 is 1.16 bits per heavy atom. The lowest BCUT2D eigenvalue weighted by Crippen LogP contribution is -2.45. The van der Waals surface area contributed by atoms with Gasteiger partial charge in [-0.25, -0.2) is 0 Å². The molecule has 2 rings (SSSR count). The molecule has 0 amide bonds. The van der Waals surface area contributed by atoms with Gasteiger partial charge in [-0.2, -0.15) is 0 Å². The van der Waals surface area contributed by atoms with Gasteiger partial charge in [0.15, 0.2) is 11.5 Å². The molecule has 0 aliphatic carbocycles. The Labute approximate surface area is 115 Å². The fourth-order valence-electron chi connectivity index (χ4n) is 2.76. The smallest absolute Gasteiger partial charge is 0.161 e. The highest BCUT2D eigenvalue weighted by molar-refractivity contribution is 5.43. The van der Waals surface area contributed by atoms with Crippen molar-refractivity contribution in [1.29, 1.82) is 0 Å². The van der Waals surface area contributed by atoms with E-state index in [1.807, 2.05) is 6.07 Å². The largest absolute Gasteiger partial charge is 0.493 e. The van der Waals surface area contributed by atoms with Crippen LogP contribution in [0, 0.1) is 0 Å². The quantitative estimate of drug-likeness (QED) is 0.882. The first kappa shape index (κ1) is 14.2. The van der Waals surface area contributed by atoms with Crippen LogP contribution in [0.5, 0.6) is 11.5 Å². The van der Waals surface area contributed by atoms with Gasteiger partial charge in [0.2, 0.25) is 0 Å². The highest BCUT2D eigenvalue weighted by atomic mass is 16.5. The van der Waals surface area contributed by atoms with Gasteiger partial charge in [0, 0.05) is 32.2 Å². The average molecular weight is 264 g/mol. The number of benzene rings is 1. The summed E-state index contributed by atoms with van der Waals surface area (Å²) in [5.74, 6) is 1.61. The first-order valence-electron chi connectivity index (χ1n) is 6.96. The van der Waals surface area contributed by atoms with E-state index in [4.69, 9.17) is 9.47 Å². The van der Waals surface area contributed by atoms with Crippen molar-refractivity contribution in [2.75, 3.05) is 40.4 Å². The summed E-state index contributed by atoms with van der Waals surface area (Å²) in [6, 6.07) is 6.72. The Morgan fingerprint density at radius 2 is 1.84 bits per heavy atom. The van der Waals surface area contributed by atoms with Gasteiger partial charge in [-0.3, -0.25) is 4.90 Å². The SMILES string of the molecule is CCC(c1ccc(OC)c(OC)c1)N1CCNCC1. The number of piperazine rings is 1. The van der Waals surface area contributed by atoms with Crippen LogP contribution in [0.15, 0.2) is 18.2 Å². The minimum Gasteiger partial charge on any atom is -0.493 e. The van der Waals surface area contributed by atoms with E-state index in [0.29, 0.717) is 6.04 Å². The lowest BCUT2D eigenvalue weighted by atomic mass is 10.0. The third kappa shape index (κ3) is 3.19. The van der Waals surface area contributed by atoms with Crippen LogP contribution in [0.3, 0.4) is 0 Å². The predicted octanol–water partition coefficient (Wildman–Crippen LogP) is 2.06. The predicted molar refractivity (Wildman–Crippen MR) is 77.0 cm³/mol. The minimum atomic E-state index is 0.460. The van der Waals surface area contributed by atoms with E-state index in [-0.39, 0.29) is 0 Å². The Hall–Kier alpha value is -1.26. The Bertz CT molecular complexity index is 403. The molecule has 0 bridgehead atoms. The van der Waals surface area contributed by atoms with E-state index in [1.165, 1.54) is 5.56 Å². The lowest BCUT2D eigenvalue weighted by molar-refractivity contribution is 0.169. The van der Waals surface area contributed by atoms with Gasteiger partial charge in [0.05, 0.1) is 14.2 Å². The van der Waals surface area contributed by atoms with Crippen LogP contribution >= 0.6 is 0 Å². The molecule has 1 aliphatic heterocycles. The number of rotatable bonds is 5. The zero-order valence-corrected chi connectivity index (χ0v) is 12.1. The molecular weight excluding hydrogens is 240 g/mol. The maximum atomic E-state index is 5.40. The van der Waals surface area contributed by atoms with Crippen molar-refractivity contribution in [1.82, 2.24) is 10.2 Å². The van der Waals surface area contributed by atoms with Crippen LogP contribution in [-0.2, 0) is 0 Å². The molecule has 0 aromatic heterocycles. The number of methoxy groups -OCH3 is 2. The van der Waals surface area contributed by atoms with Gasteiger partial charge < -0.3 is 14.8 Å². The Balaban J connectivity index is 2.22. The number of hydrogen-bond acceptors (Lipinski definition) is 4. The van der Waals surface area contributed by atoms with Gasteiger partial charge in [0.1, 0.15) is 0 Å². The van der Waals surface area contributed by atoms with Gasteiger partial charge in [-0.1, -0.05) is 13.0 Å². The first-order chi connectivity index (χ1) is 9.30. The molecule has 1 aliphatic rings. The van der Waals surface area contributed by atoms with E-state index in [0.717, 1.165) is 44.1 Å². The summed E-state index contributed by atoms with van der Waals surface area (Å²) in [5.41, 5.74) is 1.31. The second-order valence-corrected chi connectivity index (χ2v) is 4.82. The summed E-state index contributed by atoms with van der Waals surface area (Å²) >= 11 is 0. The molecule has 4 nitrogen and oxygen atoms in total. The Kier molecular flexibility index (Phi) is 5.05.